The largest absolute Gasteiger partial charge is 0.497 e. The molecule has 0 aliphatic carbocycles. The van der Waals surface area contributed by atoms with Crippen molar-refractivity contribution in [1.29, 1.82) is 0 Å². The van der Waals surface area contributed by atoms with Gasteiger partial charge >= 0.3 is 0 Å². The summed E-state index contributed by atoms with van der Waals surface area (Å²) in [6.07, 6.45) is 1.02. The molecule has 0 spiro atoms. The first-order chi connectivity index (χ1) is 13.5. The van der Waals surface area contributed by atoms with Crippen molar-refractivity contribution < 1.29 is 9.53 Å². The van der Waals surface area contributed by atoms with Crippen LogP contribution in [0.1, 0.15) is 17.4 Å². The van der Waals surface area contributed by atoms with Crippen LogP contribution in [0.4, 0.5) is 0 Å². The molecule has 0 fully saturated rings. The van der Waals surface area contributed by atoms with Gasteiger partial charge in [-0.15, -0.1) is 35.3 Å². The zero-order chi connectivity index (χ0) is 20.4. The van der Waals surface area contributed by atoms with Gasteiger partial charge in [0.2, 0.25) is 5.91 Å². The molecule has 1 unspecified atom stereocenters. The monoisotopic (exact) mass is 530 g/mol. The topological polar surface area (TPSA) is 66.0 Å². The van der Waals surface area contributed by atoms with E-state index >= 15 is 0 Å². The summed E-state index contributed by atoms with van der Waals surface area (Å²) >= 11 is 1.78. The molecule has 29 heavy (non-hydrogen) atoms. The fourth-order valence-corrected chi connectivity index (χ4v) is 3.38. The Bertz CT molecular complexity index is 749. The Labute approximate surface area is 194 Å². The summed E-state index contributed by atoms with van der Waals surface area (Å²) in [5, 5.41) is 8.60. The van der Waals surface area contributed by atoms with Crippen molar-refractivity contribution in [1.82, 2.24) is 15.5 Å². The number of hydrogen-bond acceptors (Lipinski definition) is 4. The lowest BCUT2D eigenvalue weighted by molar-refractivity contribution is -0.127. The van der Waals surface area contributed by atoms with Gasteiger partial charge in [-0.2, -0.15) is 0 Å². The molecule has 0 radical (unpaired) electrons. The van der Waals surface area contributed by atoms with E-state index in [1.165, 1.54) is 4.88 Å². The molecule has 1 amide bonds. The summed E-state index contributed by atoms with van der Waals surface area (Å²) in [6, 6.07) is 12.1. The van der Waals surface area contributed by atoms with Crippen molar-refractivity contribution in [2.24, 2.45) is 10.9 Å². The van der Waals surface area contributed by atoms with Gasteiger partial charge in [-0.1, -0.05) is 25.1 Å². The van der Waals surface area contributed by atoms with Gasteiger partial charge in [-0.3, -0.25) is 4.79 Å². The maximum Gasteiger partial charge on any atom is 0.241 e. The van der Waals surface area contributed by atoms with Crippen LogP contribution in [0, 0.1) is 5.92 Å². The van der Waals surface area contributed by atoms with Crippen LogP contribution in [0.5, 0.6) is 5.75 Å². The smallest absolute Gasteiger partial charge is 0.241 e. The number of carbonyl (C=O) groups is 1. The Hall–Kier alpha value is -1.81. The van der Waals surface area contributed by atoms with Gasteiger partial charge < -0.3 is 20.3 Å². The molecule has 2 rings (SSSR count). The Kier molecular flexibility index (Phi) is 11.7. The maximum atomic E-state index is 11.9. The van der Waals surface area contributed by atoms with Crippen molar-refractivity contribution in [2.75, 3.05) is 34.3 Å². The standard InChI is InChI=1S/C21H30N4O2S.HI/c1-16(12-19-6-5-11-28-19)13-22-21(24-15-20(26)25(2)3)23-14-17-7-9-18(27-4)10-8-17;/h5-11,16H,12-15H2,1-4H3,(H2,22,23,24);1H. The van der Waals surface area contributed by atoms with E-state index in [0.717, 1.165) is 24.3 Å². The molecule has 0 bridgehead atoms. The van der Waals surface area contributed by atoms with Crippen molar-refractivity contribution in [3.8, 4) is 5.75 Å². The fraction of sp³-hybridized carbons (Fsp3) is 0.429. The minimum absolute atomic E-state index is 0. The normalized spacial score (nSPS) is 11.9. The van der Waals surface area contributed by atoms with Crippen molar-refractivity contribution in [3.63, 3.8) is 0 Å². The minimum Gasteiger partial charge on any atom is -0.497 e. The Balaban J connectivity index is 0.00000420. The van der Waals surface area contributed by atoms with Crippen LogP contribution in [0.15, 0.2) is 46.8 Å². The highest BCUT2D eigenvalue weighted by Crippen LogP contribution is 2.14. The third-order valence-corrected chi connectivity index (χ3v) is 5.13. The lowest BCUT2D eigenvalue weighted by Gasteiger charge is -2.17. The highest BCUT2D eigenvalue weighted by molar-refractivity contribution is 14.0. The molecule has 1 heterocycles. The fourth-order valence-electron chi connectivity index (χ4n) is 2.51. The van der Waals surface area contributed by atoms with Gasteiger partial charge in [0.25, 0.3) is 0 Å². The first kappa shape index (κ1) is 25.2. The molecular formula is C21H31IN4O2S. The predicted molar refractivity (Wildman–Crippen MR) is 131 cm³/mol. The van der Waals surface area contributed by atoms with E-state index in [9.17, 15) is 4.79 Å². The molecule has 1 aromatic heterocycles. The molecule has 0 aliphatic rings. The Morgan fingerprint density at radius 2 is 1.93 bits per heavy atom. The number of rotatable bonds is 9. The van der Waals surface area contributed by atoms with E-state index in [2.05, 4.69) is 40.1 Å². The van der Waals surface area contributed by atoms with Crippen LogP contribution in [-0.4, -0.2) is 51.1 Å². The zero-order valence-electron chi connectivity index (χ0n) is 17.5. The molecule has 160 valence electrons. The van der Waals surface area contributed by atoms with E-state index in [4.69, 9.17) is 4.74 Å². The van der Waals surface area contributed by atoms with Crippen LogP contribution in [0.2, 0.25) is 0 Å². The van der Waals surface area contributed by atoms with E-state index in [1.54, 1.807) is 37.4 Å². The number of carbonyl (C=O) groups excluding carboxylic acids is 1. The summed E-state index contributed by atoms with van der Waals surface area (Å²) in [5.74, 6) is 1.93. The quantitative estimate of drug-likeness (QED) is 0.297. The number of amides is 1. The SMILES string of the molecule is COc1ccc(CN=C(NCC(=O)N(C)C)NCC(C)Cc2cccs2)cc1.I. The second-order valence-electron chi connectivity index (χ2n) is 6.92. The summed E-state index contributed by atoms with van der Waals surface area (Å²) < 4.78 is 5.19. The number of halogens is 1. The molecule has 0 saturated heterocycles. The first-order valence-corrected chi connectivity index (χ1v) is 10.2. The lowest BCUT2D eigenvalue weighted by Crippen LogP contribution is -2.44. The van der Waals surface area contributed by atoms with E-state index < -0.39 is 0 Å². The second kappa shape index (κ2) is 13.4. The van der Waals surface area contributed by atoms with Gasteiger partial charge in [0.1, 0.15) is 5.75 Å². The van der Waals surface area contributed by atoms with Crippen LogP contribution < -0.4 is 15.4 Å². The molecule has 2 aromatic rings. The van der Waals surface area contributed by atoms with Crippen LogP contribution in [-0.2, 0) is 17.8 Å². The number of hydrogen-bond donors (Lipinski definition) is 2. The first-order valence-electron chi connectivity index (χ1n) is 9.35. The van der Waals surface area contributed by atoms with Gasteiger partial charge in [0.05, 0.1) is 20.2 Å². The second-order valence-corrected chi connectivity index (χ2v) is 7.96. The lowest BCUT2D eigenvalue weighted by atomic mass is 10.1. The summed E-state index contributed by atoms with van der Waals surface area (Å²) in [6.45, 7) is 3.72. The highest BCUT2D eigenvalue weighted by atomic mass is 127. The number of methoxy groups -OCH3 is 1. The zero-order valence-corrected chi connectivity index (χ0v) is 20.6. The van der Waals surface area contributed by atoms with Crippen molar-refractivity contribution in [2.45, 2.75) is 19.9 Å². The summed E-state index contributed by atoms with van der Waals surface area (Å²) in [7, 11) is 5.14. The molecule has 0 saturated carbocycles. The highest BCUT2D eigenvalue weighted by Gasteiger charge is 2.09. The third-order valence-electron chi connectivity index (χ3n) is 4.23. The number of aliphatic imine (C=N–C) groups is 1. The minimum atomic E-state index is 0. The molecule has 2 N–H and O–H groups in total. The molecular weight excluding hydrogens is 499 g/mol. The number of ether oxygens (including phenoxy) is 1. The average molecular weight is 530 g/mol. The number of thiophene rings is 1. The average Bonchev–Trinajstić information content (AvgIpc) is 3.20. The number of nitrogens with one attached hydrogen (secondary N) is 2. The van der Waals surface area contributed by atoms with Crippen LogP contribution >= 0.6 is 35.3 Å². The van der Waals surface area contributed by atoms with Gasteiger partial charge in [-0.05, 0) is 41.5 Å². The van der Waals surface area contributed by atoms with Gasteiger partial charge in [0.15, 0.2) is 5.96 Å². The van der Waals surface area contributed by atoms with Crippen LogP contribution in [0.25, 0.3) is 0 Å². The van der Waals surface area contributed by atoms with Crippen LogP contribution in [0.3, 0.4) is 0 Å². The van der Waals surface area contributed by atoms with E-state index in [-0.39, 0.29) is 36.4 Å². The Morgan fingerprint density at radius 1 is 1.21 bits per heavy atom. The summed E-state index contributed by atoms with van der Waals surface area (Å²) in [4.78, 5) is 19.5. The molecule has 0 aliphatic heterocycles. The molecule has 1 atom stereocenters. The third kappa shape index (κ3) is 9.49. The number of nitrogens with zero attached hydrogens (tertiary/aromatic N) is 2. The Morgan fingerprint density at radius 3 is 2.52 bits per heavy atom. The van der Waals surface area contributed by atoms with Crippen molar-refractivity contribution in [3.05, 3.63) is 52.2 Å². The molecule has 8 heteroatoms. The number of benzene rings is 1. The van der Waals surface area contributed by atoms with Gasteiger partial charge in [0, 0.05) is 25.5 Å². The van der Waals surface area contributed by atoms with Crippen molar-refractivity contribution >= 4 is 47.2 Å². The molecule has 6 nitrogen and oxygen atoms in total. The number of likely N-dealkylation sites (N-methyl/N-ethyl adjacent to an activating group) is 1. The molecule has 1 aromatic carbocycles. The summed E-state index contributed by atoms with van der Waals surface area (Å²) in [5.41, 5.74) is 1.08. The predicted octanol–water partition coefficient (Wildman–Crippen LogP) is 3.38. The van der Waals surface area contributed by atoms with E-state index in [1.807, 2.05) is 24.3 Å². The van der Waals surface area contributed by atoms with Gasteiger partial charge in [-0.25, -0.2) is 4.99 Å². The number of guanidine groups is 1. The van der Waals surface area contributed by atoms with E-state index in [0.29, 0.717) is 18.4 Å². The maximum absolute atomic E-state index is 11.9.